The van der Waals surface area contributed by atoms with Crippen molar-refractivity contribution in [1.29, 1.82) is 0 Å². The molecule has 0 bridgehead atoms. The van der Waals surface area contributed by atoms with Gasteiger partial charge in [0.15, 0.2) is 0 Å². The SMILES string of the molecule is Cc1[nH]c2ccc(Br)cc2c1Sc1ccccc1. The first kappa shape index (κ1) is 11.9. The molecule has 0 amide bonds. The summed E-state index contributed by atoms with van der Waals surface area (Å²) < 4.78 is 1.11. The van der Waals surface area contributed by atoms with E-state index in [9.17, 15) is 0 Å². The number of H-pyrrole nitrogens is 1. The van der Waals surface area contributed by atoms with Crippen molar-refractivity contribution in [1.82, 2.24) is 4.98 Å². The van der Waals surface area contributed by atoms with Crippen molar-refractivity contribution in [2.24, 2.45) is 0 Å². The molecule has 0 unspecified atom stereocenters. The van der Waals surface area contributed by atoms with Crippen LogP contribution in [0.5, 0.6) is 0 Å². The molecule has 0 spiro atoms. The van der Waals surface area contributed by atoms with Gasteiger partial charge in [-0.3, -0.25) is 0 Å². The molecule has 0 saturated carbocycles. The predicted molar refractivity (Wildman–Crippen MR) is 81.3 cm³/mol. The summed E-state index contributed by atoms with van der Waals surface area (Å²) in [6.45, 7) is 2.12. The van der Waals surface area contributed by atoms with Crippen molar-refractivity contribution in [2.45, 2.75) is 16.7 Å². The van der Waals surface area contributed by atoms with Crippen LogP contribution in [0, 0.1) is 6.92 Å². The number of hydrogen-bond donors (Lipinski definition) is 1. The topological polar surface area (TPSA) is 15.8 Å². The van der Waals surface area contributed by atoms with Crippen LogP contribution < -0.4 is 0 Å². The van der Waals surface area contributed by atoms with Crippen LogP contribution in [0.15, 0.2) is 62.8 Å². The Labute approximate surface area is 119 Å². The zero-order valence-corrected chi connectivity index (χ0v) is 12.3. The maximum atomic E-state index is 3.54. The normalized spacial score (nSPS) is 11.0. The van der Waals surface area contributed by atoms with E-state index in [1.165, 1.54) is 26.4 Å². The summed E-state index contributed by atoms with van der Waals surface area (Å²) in [6, 6.07) is 16.8. The van der Waals surface area contributed by atoms with Crippen molar-refractivity contribution < 1.29 is 0 Å². The third-order valence-electron chi connectivity index (χ3n) is 2.85. The first-order valence-corrected chi connectivity index (χ1v) is 7.36. The quantitative estimate of drug-likeness (QED) is 0.670. The molecule has 3 heteroatoms. The summed E-state index contributed by atoms with van der Waals surface area (Å²) in [6.07, 6.45) is 0. The molecule has 0 fully saturated rings. The molecular formula is C15H12BrNS. The summed E-state index contributed by atoms with van der Waals surface area (Å²) in [4.78, 5) is 6.00. The smallest absolute Gasteiger partial charge is 0.0468 e. The van der Waals surface area contributed by atoms with Crippen molar-refractivity contribution >= 4 is 38.6 Å². The Morgan fingerprint density at radius 2 is 1.83 bits per heavy atom. The van der Waals surface area contributed by atoms with E-state index in [1.807, 2.05) is 6.07 Å². The Kier molecular flexibility index (Phi) is 3.18. The Bertz CT molecular complexity index is 688. The Hall–Kier alpha value is -1.19. The minimum absolute atomic E-state index is 1.11. The molecule has 2 aromatic carbocycles. The first-order chi connectivity index (χ1) is 8.74. The van der Waals surface area contributed by atoms with Gasteiger partial charge >= 0.3 is 0 Å². The van der Waals surface area contributed by atoms with Gasteiger partial charge in [-0.05, 0) is 37.3 Å². The molecule has 0 aliphatic rings. The van der Waals surface area contributed by atoms with E-state index >= 15 is 0 Å². The maximum absolute atomic E-state index is 3.54. The van der Waals surface area contributed by atoms with Crippen LogP contribution in [-0.2, 0) is 0 Å². The summed E-state index contributed by atoms with van der Waals surface area (Å²) >= 11 is 5.35. The van der Waals surface area contributed by atoms with Crippen molar-refractivity contribution in [2.75, 3.05) is 0 Å². The van der Waals surface area contributed by atoms with Crippen molar-refractivity contribution in [3.05, 3.63) is 58.7 Å². The lowest BCUT2D eigenvalue weighted by Crippen LogP contribution is -1.75. The van der Waals surface area contributed by atoms with Crippen LogP contribution in [0.4, 0.5) is 0 Å². The average molecular weight is 318 g/mol. The third-order valence-corrected chi connectivity index (χ3v) is 4.58. The van der Waals surface area contributed by atoms with E-state index in [0.717, 1.165) is 4.47 Å². The fourth-order valence-electron chi connectivity index (χ4n) is 2.01. The lowest BCUT2D eigenvalue weighted by Gasteiger charge is -2.01. The molecule has 0 aliphatic heterocycles. The lowest BCUT2D eigenvalue weighted by atomic mass is 10.2. The number of aromatic amines is 1. The van der Waals surface area contributed by atoms with Crippen LogP contribution >= 0.6 is 27.7 Å². The van der Waals surface area contributed by atoms with Gasteiger partial charge < -0.3 is 4.98 Å². The fourth-order valence-corrected chi connectivity index (χ4v) is 3.38. The molecule has 1 heterocycles. The molecule has 1 N–H and O–H groups in total. The van der Waals surface area contributed by atoms with Crippen molar-refractivity contribution in [3.8, 4) is 0 Å². The third kappa shape index (κ3) is 2.20. The minimum atomic E-state index is 1.11. The van der Waals surface area contributed by atoms with Gasteiger partial charge in [-0.2, -0.15) is 0 Å². The molecule has 3 rings (SSSR count). The van der Waals surface area contributed by atoms with Crippen LogP contribution in [0.2, 0.25) is 0 Å². The van der Waals surface area contributed by atoms with Gasteiger partial charge in [0, 0.05) is 30.9 Å². The standard InChI is InChI=1S/C15H12BrNS/c1-10-15(18-12-5-3-2-4-6-12)13-9-11(16)7-8-14(13)17-10/h2-9,17H,1H3. The number of hydrogen-bond acceptors (Lipinski definition) is 1. The Morgan fingerprint density at radius 3 is 2.61 bits per heavy atom. The van der Waals surface area contributed by atoms with Crippen LogP contribution in [-0.4, -0.2) is 4.98 Å². The summed E-state index contributed by atoms with van der Waals surface area (Å²) in [5.41, 5.74) is 2.41. The molecular weight excluding hydrogens is 306 g/mol. The molecule has 1 nitrogen and oxygen atoms in total. The zero-order valence-electron chi connectivity index (χ0n) is 9.91. The fraction of sp³-hybridized carbons (Fsp3) is 0.0667. The van der Waals surface area contributed by atoms with Crippen LogP contribution in [0.25, 0.3) is 10.9 Å². The first-order valence-electron chi connectivity index (χ1n) is 5.75. The van der Waals surface area contributed by atoms with E-state index < -0.39 is 0 Å². The number of benzene rings is 2. The molecule has 0 saturated heterocycles. The minimum Gasteiger partial charge on any atom is -0.358 e. The maximum Gasteiger partial charge on any atom is 0.0468 e. The summed E-state index contributed by atoms with van der Waals surface area (Å²) in [5.74, 6) is 0. The van der Waals surface area contributed by atoms with Gasteiger partial charge in [-0.1, -0.05) is 45.9 Å². The van der Waals surface area contributed by atoms with Gasteiger partial charge in [0.25, 0.3) is 0 Å². The van der Waals surface area contributed by atoms with Gasteiger partial charge in [0.2, 0.25) is 0 Å². The van der Waals surface area contributed by atoms with Crippen LogP contribution in [0.1, 0.15) is 5.69 Å². The van der Waals surface area contributed by atoms with E-state index in [2.05, 4.69) is 70.3 Å². The highest BCUT2D eigenvalue weighted by atomic mass is 79.9. The number of aromatic nitrogens is 1. The molecule has 0 atom stereocenters. The lowest BCUT2D eigenvalue weighted by molar-refractivity contribution is 1.23. The highest BCUT2D eigenvalue weighted by Crippen LogP contribution is 2.37. The van der Waals surface area contributed by atoms with Crippen LogP contribution in [0.3, 0.4) is 0 Å². The predicted octanol–water partition coefficient (Wildman–Crippen LogP) is 5.39. The number of fused-ring (bicyclic) bond motifs is 1. The monoisotopic (exact) mass is 317 g/mol. The second-order valence-electron chi connectivity index (χ2n) is 4.18. The molecule has 0 aliphatic carbocycles. The van der Waals surface area contributed by atoms with Gasteiger partial charge in [0.05, 0.1) is 0 Å². The molecule has 1 aromatic heterocycles. The molecule has 90 valence electrons. The second-order valence-corrected chi connectivity index (χ2v) is 6.18. The largest absolute Gasteiger partial charge is 0.358 e. The number of nitrogens with one attached hydrogen (secondary N) is 1. The molecule has 3 aromatic rings. The van der Waals surface area contributed by atoms with E-state index in [4.69, 9.17) is 0 Å². The van der Waals surface area contributed by atoms with Gasteiger partial charge in [-0.25, -0.2) is 0 Å². The summed E-state index contributed by atoms with van der Waals surface area (Å²) in [5, 5.41) is 1.27. The van der Waals surface area contributed by atoms with Gasteiger partial charge in [-0.15, -0.1) is 0 Å². The number of rotatable bonds is 2. The summed E-state index contributed by atoms with van der Waals surface area (Å²) in [7, 11) is 0. The van der Waals surface area contributed by atoms with E-state index in [0.29, 0.717) is 0 Å². The molecule has 18 heavy (non-hydrogen) atoms. The second kappa shape index (κ2) is 4.82. The highest BCUT2D eigenvalue weighted by Gasteiger charge is 2.10. The molecule has 0 radical (unpaired) electrons. The number of halogens is 1. The Balaban J connectivity index is 2.11. The van der Waals surface area contributed by atoms with Crippen molar-refractivity contribution in [3.63, 3.8) is 0 Å². The zero-order chi connectivity index (χ0) is 12.5. The Morgan fingerprint density at radius 1 is 1.06 bits per heavy atom. The van der Waals surface area contributed by atoms with E-state index in [-0.39, 0.29) is 0 Å². The van der Waals surface area contributed by atoms with E-state index in [1.54, 1.807) is 11.8 Å². The average Bonchev–Trinajstić information content (AvgIpc) is 2.67. The van der Waals surface area contributed by atoms with Gasteiger partial charge in [0.1, 0.15) is 0 Å². The highest BCUT2D eigenvalue weighted by molar-refractivity contribution is 9.10. The number of aryl methyl sites for hydroxylation is 1.